The third-order valence-electron chi connectivity index (χ3n) is 1.33. The summed E-state index contributed by atoms with van der Waals surface area (Å²) in [7, 11) is 0.361. The van der Waals surface area contributed by atoms with Gasteiger partial charge in [-0.3, -0.25) is 0 Å². The topological polar surface area (TPSA) is 0 Å². The molecule has 1 aliphatic rings. The zero-order chi connectivity index (χ0) is 16.4. The van der Waals surface area contributed by atoms with E-state index < -0.39 is 0 Å². The van der Waals surface area contributed by atoms with Crippen molar-refractivity contribution in [3.63, 3.8) is 0 Å². The molecule has 0 saturated heterocycles. The summed E-state index contributed by atoms with van der Waals surface area (Å²) in [6.07, 6.45) is 14.0. The van der Waals surface area contributed by atoms with Crippen LogP contribution in [-0.4, -0.2) is 60.0 Å². The van der Waals surface area contributed by atoms with Gasteiger partial charge < -0.3 is 12.4 Å². The first-order valence-corrected chi connectivity index (χ1v) is 16.8. The van der Waals surface area contributed by atoms with Gasteiger partial charge in [-0.2, -0.15) is 0 Å². The Balaban J connectivity index is -0.0000000607. The summed E-state index contributed by atoms with van der Waals surface area (Å²) in [5.41, 5.74) is 0. The van der Waals surface area contributed by atoms with Crippen LogP contribution in [-0.2, 0) is 20.1 Å². The van der Waals surface area contributed by atoms with Crippen molar-refractivity contribution in [1.29, 1.82) is 0 Å². The second-order valence-electron chi connectivity index (χ2n) is 6.60. The maximum atomic E-state index is 2.27. The summed E-state index contributed by atoms with van der Waals surface area (Å²) in [4.78, 5) is 0. The summed E-state index contributed by atoms with van der Waals surface area (Å²) in [6.45, 7) is 20.4. The van der Waals surface area contributed by atoms with E-state index in [-0.39, 0.29) is 56.3 Å². The van der Waals surface area contributed by atoms with Crippen molar-refractivity contribution in [2.24, 2.45) is 0 Å². The van der Waals surface area contributed by atoms with Gasteiger partial charge >= 0.3 is 0 Å². The molecule has 0 aromatic rings. The Kier molecular flexibility index (Phi) is 48.5. The van der Waals surface area contributed by atoms with Crippen LogP contribution in [0.2, 0.25) is 0 Å². The molecule has 0 aliphatic heterocycles. The van der Waals surface area contributed by atoms with Crippen molar-refractivity contribution in [2.45, 2.75) is 25.7 Å². The Labute approximate surface area is 165 Å². The maximum absolute atomic E-state index is 2.27. The third kappa shape index (κ3) is 98.8. The van der Waals surface area contributed by atoms with Gasteiger partial charge in [-0.15, -0.1) is 0 Å². The quantitative estimate of drug-likeness (QED) is 0.312. The van der Waals surface area contributed by atoms with Crippen molar-refractivity contribution < 1.29 is 32.5 Å². The van der Waals surface area contributed by atoms with Gasteiger partial charge in [0.15, 0.2) is 0 Å². The van der Waals surface area contributed by atoms with E-state index in [0.717, 1.165) is 0 Å². The number of allylic oxidation sites excluding steroid dienone is 4. The number of rotatable bonds is 0. The fraction of sp³-hybridized carbons (Fsp3) is 0.765. The number of halogens is 1. The monoisotopic (exact) mass is 567 g/mol. The summed E-state index contributed by atoms with van der Waals surface area (Å²) >= 11 is 0. The van der Waals surface area contributed by atoms with Crippen molar-refractivity contribution in [3.05, 3.63) is 24.3 Å². The normalized spacial score (nSPS) is 12.2. The van der Waals surface area contributed by atoms with Crippen LogP contribution < -0.4 is 12.4 Å². The van der Waals surface area contributed by atoms with Gasteiger partial charge in [0.05, 0.1) is 0 Å². The molecule has 1 radical (unpaired) electrons. The van der Waals surface area contributed by atoms with Crippen LogP contribution in [0, 0.1) is 0 Å². The molecule has 0 atom stereocenters. The largest absolute Gasteiger partial charge is 1.00 e. The summed E-state index contributed by atoms with van der Waals surface area (Å²) in [5, 5.41) is 0. The van der Waals surface area contributed by atoms with E-state index >= 15 is 0 Å². The zero-order valence-corrected chi connectivity index (χ0v) is 22.5. The van der Waals surface area contributed by atoms with Crippen molar-refractivity contribution >= 4 is 23.8 Å². The van der Waals surface area contributed by atoms with Crippen molar-refractivity contribution in [1.82, 2.24) is 0 Å². The van der Waals surface area contributed by atoms with Gasteiger partial charge in [-0.25, -0.2) is 0 Å². The Morgan fingerprint density at radius 2 is 0.545 bits per heavy atom. The van der Waals surface area contributed by atoms with Crippen LogP contribution in [0.4, 0.5) is 0 Å². The molecule has 0 fully saturated rings. The molecule has 0 unspecified atom stereocenters. The van der Waals surface area contributed by atoms with Crippen LogP contribution in [0.25, 0.3) is 0 Å². The minimum Gasteiger partial charge on any atom is -1.00 e. The van der Waals surface area contributed by atoms with Crippen molar-refractivity contribution in [2.75, 3.05) is 60.0 Å². The maximum Gasteiger partial charge on any atom is 0.0461 e. The molecule has 0 nitrogen and oxygen atoms in total. The SMILES string of the molecule is C1=CCCC=CCC1.C[PH+](C)C.C[PH+](C)C.C[PH+](C)C.[Cl-].[Ir]. The van der Waals surface area contributed by atoms with Crippen LogP contribution >= 0.6 is 23.8 Å². The minimum atomic E-state index is 0. The number of hydrogen-bond donors (Lipinski definition) is 0. The van der Waals surface area contributed by atoms with Crippen LogP contribution in [0.15, 0.2) is 24.3 Å². The van der Waals surface area contributed by atoms with Gasteiger partial charge in [0.1, 0.15) is 0 Å². The molecule has 0 aromatic carbocycles. The zero-order valence-electron chi connectivity index (χ0n) is 16.3. The van der Waals surface area contributed by atoms with E-state index in [0.29, 0.717) is 0 Å². The smallest absolute Gasteiger partial charge is 0.0461 e. The molecule has 22 heavy (non-hydrogen) atoms. The summed E-state index contributed by atoms with van der Waals surface area (Å²) in [5.74, 6) is 0. The third-order valence-corrected chi connectivity index (χ3v) is 1.33. The molecule has 1 rings (SSSR count). The molecule has 0 bridgehead atoms. The molecule has 0 N–H and O–H groups in total. The molecular weight excluding hydrogens is 525 g/mol. The molecule has 0 aromatic heterocycles. The van der Waals surface area contributed by atoms with Gasteiger partial charge in [-0.05, 0) is 49.4 Å². The minimum absolute atomic E-state index is 0. The Morgan fingerprint density at radius 1 is 0.455 bits per heavy atom. The van der Waals surface area contributed by atoms with Crippen LogP contribution in [0.1, 0.15) is 25.7 Å². The first-order valence-electron chi connectivity index (χ1n) is 7.80. The first kappa shape index (κ1) is 34.9. The fourth-order valence-corrected chi connectivity index (χ4v) is 0.856. The summed E-state index contributed by atoms with van der Waals surface area (Å²) < 4.78 is 0. The Bertz CT molecular complexity index is 169. The first-order chi connectivity index (χ1) is 9.20. The predicted molar refractivity (Wildman–Crippen MR) is 115 cm³/mol. The molecule has 0 spiro atoms. The van der Waals surface area contributed by atoms with E-state index in [2.05, 4.69) is 84.3 Å². The molecule has 1 aliphatic carbocycles. The molecule has 139 valence electrons. The van der Waals surface area contributed by atoms with Crippen LogP contribution in [0.5, 0.6) is 0 Å². The summed E-state index contributed by atoms with van der Waals surface area (Å²) in [6, 6.07) is 0. The standard InChI is InChI=1S/C8H12.3C3H9P.ClH.Ir/c1-2-4-6-8-7-5-3-1;3*1-4(2)3;;/h1-2,7-8H,3-6H2;3*1-3H3;1H;/p+2. The predicted octanol–water partition coefficient (Wildman–Crippen LogP) is 2.94. The molecule has 0 saturated carbocycles. The number of hydrogen-bond acceptors (Lipinski definition) is 0. The fourth-order valence-electron chi connectivity index (χ4n) is 0.856. The van der Waals surface area contributed by atoms with Gasteiger partial charge in [0.25, 0.3) is 0 Å². The molecule has 0 amide bonds. The van der Waals surface area contributed by atoms with E-state index in [1.807, 2.05) is 0 Å². The van der Waals surface area contributed by atoms with Crippen molar-refractivity contribution in [3.8, 4) is 0 Å². The Hall–Kier alpha value is 1.71. The second-order valence-corrected chi connectivity index (χ2v) is 15.6. The Morgan fingerprint density at radius 3 is 0.636 bits per heavy atom. The van der Waals surface area contributed by atoms with Crippen LogP contribution in [0.3, 0.4) is 0 Å². The van der Waals surface area contributed by atoms with Gasteiger partial charge in [0.2, 0.25) is 0 Å². The average Bonchev–Trinajstić information content (AvgIpc) is 2.12. The molecule has 5 heteroatoms. The van der Waals surface area contributed by atoms with E-state index in [1.54, 1.807) is 0 Å². The molecular formula is C17H42ClIrP3+2. The van der Waals surface area contributed by atoms with E-state index in [9.17, 15) is 0 Å². The molecule has 0 heterocycles. The van der Waals surface area contributed by atoms with Gasteiger partial charge in [-0.1, -0.05) is 24.3 Å². The average molecular weight is 567 g/mol. The van der Waals surface area contributed by atoms with Gasteiger partial charge in [0, 0.05) is 80.1 Å². The van der Waals surface area contributed by atoms with E-state index in [4.69, 9.17) is 0 Å². The van der Waals surface area contributed by atoms with E-state index in [1.165, 1.54) is 25.7 Å². The second kappa shape index (κ2) is 30.6.